The highest BCUT2D eigenvalue weighted by molar-refractivity contribution is 7.22. The molecule has 7 nitrogen and oxygen atoms in total. The first-order valence-corrected chi connectivity index (χ1v) is 10.2. The second-order valence-corrected chi connectivity index (χ2v) is 7.79. The zero-order valence-corrected chi connectivity index (χ0v) is 16.4. The predicted octanol–water partition coefficient (Wildman–Crippen LogP) is 4.81. The van der Waals surface area contributed by atoms with Gasteiger partial charge in [0, 0.05) is 37.4 Å². The van der Waals surface area contributed by atoms with E-state index >= 15 is 0 Å². The van der Waals surface area contributed by atoms with Gasteiger partial charge < -0.3 is 9.64 Å². The van der Waals surface area contributed by atoms with Crippen molar-refractivity contribution in [3.8, 4) is 5.75 Å². The Hall–Kier alpha value is -3.26. The van der Waals surface area contributed by atoms with E-state index in [0.29, 0.717) is 11.3 Å². The fraction of sp³-hybridized carbons (Fsp3) is 0.238. The Bertz CT molecular complexity index is 1070. The number of esters is 1. The van der Waals surface area contributed by atoms with E-state index in [2.05, 4.69) is 4.90 Å². The molecule has 8 heteroatoms. The highest BCUT2D eigenvalue weighted by atomic mass is 32.1. The normalized spacial score (nSPS) is 14.4. The van der Waals surface area contributed by atoms with Crippen LogP contribution in [0.25, 0.3) is 16.3 Å². The van der Waals surface area contributed by atoms with Crippen LogP contribution in [0.4, 0.5) is 10.8 Å². The smallest absolute Gasteiger partial charge is 0.336 e. The monoisotopic (exact) mass is 409 g/mol. The first-order valence-electron chi connectivity index (χ1n) is 9.38. The highest BCUT2D eigenvalue weighted by Gasteiger charge is 2.15. The van der Waals surface area contributed by atoms with E-state index in [0.717, 1.165) is 28.4 Å². The molecule has 2 heterocycles. The summed E-state index contributed by atoms with van der Waals surface area (Å²) in [5.74, 6) is -0.0480. The summed E-state index contributed by atoms with van der Waals surface area (Å²) in [4.78, 5) is 29.3. The van der Waals surface area contributed by atoms with E-state index in [9.17, 15) is 14.9 Å². The molecular weight excluding hydrogens is 390 g/mol. The summed E-state index contributed by atoms with van der Waals surface area (Å²) in [5, 5.41) is 11.7. The lowest BCUT2D eigenvalue weighted by molar-refractivity contribution is -0.384. The van der Waals surface area contributed by atoms with E-state index in [1.54, 1.807) is 35.6 Å². The van der Waals surface area contributed by atoms with Gasteiger partial charge in [-0.2, -0.15) is 0 Å². The third-order valence-corrected chi connectivity index (χ3v) is 5.79. The second-order valence-electron chi connectivity index (χ2n) is 6.78. The lowest BCUT2D eigenvalue weighted by atomic mass is 10.1. The number of anilines is 1. The van der Waals surface area contributed by atoms with Crippen molar-refractivity contribution in [2.45, 2.75) is 19.3 Å². The maximum Gasteiger partial charge on any atom is 0.336 e. The average molecular weight is 409 g/mol. The number of aromatic nitrogens is 1. The van der Waals surface area contributed by atoms with Gasteiger partial charge in [0.05, 0.1) is 15.1 Å². The molecule has 0 amide bonds. The third kappa shape index (κ3) is 4.60. The number of nitro benzene ring substituents is 1. The zero-order chi connectivity index (χ0) is 20.2. The van der Waals surface area contributed by atoms with Gasteiger partial charge in [-0.1, -0.05) is 11.3 Å². The number of thiazole rings is 1. The van der Waals surface area contributed by atoms with Gasteiger partial charge in [-0.15, -0.1) is 0 Å². The summed E-state index contributed by atoms with van der Waals surface area (Å²) in [6, 6.07) is 11.4. The Morgan fingerprint density at radius 3 is 2.62 bits per heavy atom. The van der Waals surface area contributed by atoms with Crippen molar-refractivity contribution in [3.05, 3.63) is 64.2 Å². The van der Waals surface area contributed by atoms with Gasteiger partial charge in [0.2, 0.25) is 0 Å². The molecule has 29 heavy (non-hydrogen) atoms. The van der Waals surface area contributed by atoms with Gasteiger partial charge in [-0.25, -0.2) is 9.78 Å². The largest absolute Gasteiger partial charge is 0.423 e. The number of nitro groups is 1. The van der Waals surface area contributed by atoms with Crippen LogP contribution in [0.2, 0.25) is 0 Å². The number of fused-ring (bicyclic) bond motifs is 1. The minimum atomic E-state index is -0.511. The van der Waals surface area contributed by atoms with Gasteiger partial charge in [-0.05, 0) is 55.2 Å². The molecule has 1 saturated heterocycles. The number of hydrogen-bond acceptors (Lipinski definition) is 7. The van der Waals surface area contributed by atoms with Gasteiger partial charge >= 0.3 is 5.97 Å². The molecule has 148 valence electrons. The summed E-state index contributed by atoms with van der Waals surface area (Å²) in [7, 11) is 0. The molecule has 1 aromatic heterocycles. The molecule has 0 spiro atoms. The van der Waals surface area contributed by atoms with Crippen molar-refractivity contribution in [2.75, 3.05) is 18.0 Å². The number of carbonyl (C=O) groups is 1. The Labute approximate surface area is 171 Å². The molecule has 0 N–H and O–H groups in total. The Morgan fingerprint density at radius 2 is 1.90 bits per heavy atom. The molecule has 2 aromatic carbocycles. The first kappa shape index (κ1) is 19.1. The van der Waals surface area contributed by atoms with Crippen LogP contribution in [0.1, 0.15) is 24.8 Å². The van der Waals surface area contributed by atoms with E-state index in [1.807, 2.05) is 12.1 Å². The van der Waals surface area contributed by atoms with Gasteiger partial charge in [0.1, 0.15) is 5.75 Å². The summed E-state index contributed by atoms with van der Waals surface area (Å²) >= 11 is 1.61. The number of ether oxygens (including phenoxy) is 1. The molecule has 0 atom stereocenters. The van der Waals surface area contributed by atoms with Crippen molar-refractivity contribution >= 4 is 44.4 Å². The quantitative estimate of drug-likeness (QED) is 0.198. The predicted molar refractivity (Wildman–Crippen MR) is 113 cm³/mol. The van der Waals surface area contributed by atoms with Crippen molar-refractivity contribution in [1.82, 2.24) is 4.98 Å². The lowest BCUT2D eigenvalue weighted by Gasteiger charge is -2.25. The Morgan fingerprint density at radius 1 is 1.14 bits per heavy atom. The maximum absolute atomic E-state index is 12.1. The van der Waals surface area contributed by atoms with Crippen LogP contribution < -0.4 is 9.64 Å². The molecular formula is C21H19N3O4S. The minimum absolute atomic E-state index is 0.00603. The van der Waals surface area contributed by atoms with E-state index in [1.165, 1.54) is 37.5 Å². The third-order valence-electron chi connectivity index (χ3n) is 4.71. The standard InChI is InChI=1S/C21H19N3O4S/c25-20(11-6-15-4-7-16(8-5-15)24(26)27)28-17-9-10-18-19(14-17)29-21(22-18)23-12-2-1-3-13-23/h4-11,14H,1-3,12-13H2/b11-6-. The maximum atomic E-state index is 12.1. The highest BCUT2D eigenvalue weighted by Crippen LogP contribution is 2.32. The topological polar surface area (TPSA) is 85.6 Å². The SMILES string of the molecule is O=C(/C=C\c1ccc([N+](=O)[O-])cc1)Oc1ccc2nc(N3CCCCC3)sc2c1. The molecule has 0 unspecified atom stereocenters. The summed E-state index contributed by atoms with van der Waals surface area (Å²) in [5.41, 5.74) is 1.58. The van der Waals surface area contributed by atoms with Crippen LogP contribution in [0.3, 0.4) is 0 Å². The Kier molecular flexibility index (Phi) is 5.53. The van der Waals surface area contributed by atoms with Crippen LogP contribution in [-0.2, 0) is 4.79 Å². The average Bonchev–Trinajstić information content (AvgIpc) is 3.17. The van der Waals surface area contributed by atoms with Crippen LogP contribution in [0, 0.1) is 10.1 Å². The van der Waals surface area contributed by atoms with Gasteiger partial charge in [0.15, 0.2) is 5.13 Å². The number of nitrogens with zero attached hydrogens (tertiary/aromatic N) is 3. The minimum Gasteiger partial charge on any atom is -0.423 e. The number of piperidine rings is 1. The summed E-state index contributed by atoms with van der Waals surface area (Å²) in [6.07, 6.45) is 6.53. The molecule has 0 saturated carbocycles. The molecule has 4 rings (SSSR count). The molecule has 0 radical (unpaired) electrons. The second kappa shape index (κ2) is 8.40. The summed E-state index contributed by atoms with van der Waals surface area (Å²) < 4.78 is 6.37. The fourth-order valence-electron chi connectivity index (χ4n) is 3.20. The van der Waals surface area contributed by atoms with E-state index in [4.69, 9.17) is 9.72 Å². The number of benzene rings is 2. The number of non-ortho nitro benzene ring substituents is 1. The molecule has 1 aliphatic rings. The van der Waals surface area contributed by atoms with Crippen molar-refractivity contribution in [3.63, 3.8) is 0 Å². The van der Waals surface area contributed by atoms with E-state index in [-0.39, 0.29) is 5.69 Å². The molecule has 1 aliphatic heterocycles. The van der Waals surface area contributed by atoms with Crippen molar-refractivity contribution in [1.29, 1.82) is 0 Å². The van der Waals surface area contributed by atoms with Crippen molar-refractivity contribution < 1.29 is 14.5 Å². The van der Waals surface area contributed by atoms with E-state index < -0.39 is 10.9 Å². The van der Waals surface area contributed by atoms with Crippen LogP contribution in [-0.4, -0.2) is 29.0 Å². The summed E-state index contributed by atoms with van der Waals surface area (Å²) in [6.45, 7) is 2.07. The lowest BCUT2D eigenvalue weighted by Crippen LogP contribution is -2.29. The number of carbonyl (C=O) groups excluding carboxylic acids is 1. The zero-order valence-electron chi connectivity index (χ0n) is 15.6. The van der Waals surface area contributed by atoms with Gasteiger partial charge in [0.25, 0.3) is 5.69 Å². The van der Waals surface area contributed by atoms with Crippen LogP contribution in [0.15, 0.2) is 48.5 Å². The van der Waals surface area contributed by atoms with Crippen LogP contribution >= 0.6 is 11.3 Å². The number of rotatable bonds is 5. The fourth-order valence-corrected chi connectivity index (χ4v) is 4.24. The number of hydrogen-bond donors (Lipinski definition) is 0. The molecule has 0 aliphatic carbocycles. The molecule has 3 aromatic rings. The van der Waals surface area contributed by atoms with Crippen LogP contribution in [0.5, 0.6) is 5.75 Å². The van der Waals surface area contributed by atoms with Gasteiger partial charge in [-0.3, -0.25) is 10.1 Å². The van der Waals surface area contributed by atoms with Crippen molar-refractivity contribution in [2.24, 2.45) is 0 Å². The molecule has 1 fully saturated rings. The Balaban J connectivity index is 1.42. The molecule has 0 bridgehead atoms. The first-order chi connectivity index (χ1) is 14.1.